The molecule has 2 rings (SSSR count). The van der Waals surface area contributed by atoms with E-state index in [2.05, 4.69) is 16.0 Å². The summed E-state index contributed by atoms with van der Waals surface area (Å²) in [6.45, 7) is 6.79. The van der Waals surface area contributed by atoms with Crippen LogP contribution < -0.4 is 16.0 Å². The second-order valence-electron chi connectivity index (χ2n) is 7.90. The van der Waals surface area contributed by atoms with Crippen molar-refractivity contribution in [3.63, 3.8) is 0 Å². The van der Waals surface area contributed by atoms with Crippen molar-refractivity contribution < 1.29 is 23.9 Å². The summed E-state index contributed by atoms with van der Waals surface area (Å²) in [5, 5.41) is 8.55. The highest BCUT2D eigenvalue weighted by Crippen LogP contribution is 2.15. The molecule has 3 amide bonds. The van der Waals surface area contributed by atoms with E-state index in [1.165, 1.54) is 4.90 Å². The summed E-state index contributed by atoms with van der Waals surface area (Å²) >= 11 is 0. The van der Waals surface area contributed by atoms with Crippen LogP contribution in [0.3, 0.4) is 0 Å². The van der Waals surface area contributed by atoms with Gasteiger partial charge in [0.2, 0.25) is 17.7 Å². The SMILES string of the molecule is CCCOC(=O)CC1C(=O)NCCN1C(=O)CNc1ccc(NC(=O)CC(C)C)cc1. The van der Waals surface area contributed by atoms with Gasteiger partial charge in [0.25, 0.3) is 0 Å². The Morgan fingerprint density at radius 3 is 2.52 bits per heavy atom. The number of carbonyl (C=O) groups is 4. The monoisotopic (exact) mass is 432 g/mol. The molecule has 0 spiro atoms. The Hall–Kier alpha value is -3.10. The highest BCUT2D eigenvalue weighted by atomic mass is 16.5. The fraction of sp³-hybridized carbons (Fsp3) is 0.545. The molecule has 0 aliphatic carbocycles. The first-order valence-corrected chi connectivity index (χ1v) is 10.7. The molecule has 0 bridgehead atoms. The Kier molecular flexibility index (Phi) is 9.30. The van der Waals surface area contributed by atoms with Gasteiger partial charge in [-0.3, -0.25) is 19.2 Å². The number of ether oxygens (including phenoxy) is 1. The molecule has 1 atom stereocenters. The number of amides is 3. The number of benzene rings is 1. The molecule has 1 saturated heterocycles. The topological polar surface area (TPSA) is 117 Å². The van der Waals surface area contributed by atoms with Crippen LogP contribution in [-0.4, -0.2) is 60.9 Å². The fourth-order valence-corrected chi connectivity index (χ4v) is 3.18. The summed E-state index contributed by atoms with van der Waals surface area (Å²) in [5.74, 6) is -0.893. The summed E-state index contributed by atoms with van der Waals surface area (Å²) in [5.41, 5.74) is 1.39. The second kappa shape index (κ2) is 11.9. The lowest BCUT2D eigenvalue weighted by Crippen LogP contribution is -2.58. The number of anilines is 2. The maximum Gasteiger partial charge on any atom is 0.308 e. The predicted molar refractivity (Wildman–Crippen MR) is 117 cm³/mol. The Labute approximate surface area is 182 Å². The molecule has 1 aromatic carbocycles. The summed E-state index contributed by atoms with van der Waals surface area (Å²) in [4.78, 5) is 50.1. The summed E-state index contributed by atoms with van der Waals surface area (Å²) in [7, 11) is 0. The third-order valence-corrected chi connectivity index (χ3v) is 4.68. The average molecular weight is 433 g/mol. The molecular formula is C22H32N4O5. The van der Waals surface area contributed by atoms with Gasteiger partial charge in [0.05, 0.1) is 19.6 Å². The van der Waals surface area contributed by atoms with Gasteiger partial charge < -0.3 is 25.6 Å². The van der Waals surface area contributed by atoms with E-state index in [9.17, 15) is 19.2 Å². The van der Waals surface area contributed by atoms with Crippen LogP contribution in [0, 0.1) is 5.92 Å². The molecule has 31 heavy (non-hydrogen) atoms. The van der Waals surface area contributed by atoms with E-state index in [4.69, 9.17) is 4.74 Å². The zero-order chi connectivity index (χ0) is 22.8. The minimum atomic E-state index is -0.869. The number of hydrogen-bond acceptors (Lipinski definition) is 6. The number of carbonyl (C=O) groups excluding carboxylic acids is 4. The Bertz CT molecular complexity index is 779. The van der Waals surface area contributed by atoms with Crippen LogP contribution in [0.15, 0.2) is 24.3 Å². The van der Waals surface area contributed by atoms with Gasteiger partial charge in [0.15, 0.2) is 0 Å². The molecule has 1 aromatic rings. The molecule has 0 aromatic heterocycles. The highest BCUT2D eigenvalue weighted by Gasteiger charge is 2.34. The van der Waals surface area contributed by atoms with Gasteiger partial charge in [-0.15, -0.1) is 0 Å². The molecule has 1 heterocycles. The van der Waals surface area contributed by atoms with Gasteiger partial charge in [0.1, 0.15) is 6.04 Å². The summed E-state index contributed by atoms with van der Waals surface area (Å²) in [6.07, 6.45) is 0.975. The van der Waals surface area contributed by atoms with E-state index < -0.39 is 12.0 Å². The molecule has 1 fully saturated rings. The van der Waals surface area contributed by atoms with Crippen molar-refractivity contribution in [3.8, 4) is 0 Å². The van der Waals surface area contributed by atoms with Gasteiger partial charge in [0, 0.05) is 30.9 Å². The number of esters is 1. The highest BCUT2D eigenvalue weighted by molar-refractivity contribution is 5.93. The van der Waals surface area contributed by atoms with Crippen LogP contribution in [0.1, 0.15) is 40.0 Å². The summed E-state index contributed by atoms with van der Waals surface area (Å²) in [6, 6.07) is 6.17. The lowest BCUT2D eigenvalue weighted by Gasteiger charge is -2.34. The molecule has 3 N–H and O–H groups in total. The first-order valence-electron chi connectivity index (χ1n) is 10.7. The minimum Gasteiger partial charge on any atom is -0.466 e. The van der Waals surface area contributed by atoms with Crippen LogP contribution in [0.4, 0.5) is 11.4 Å². The largest absolute Gasteiger partial charge is 0.466 e. The van der Waals surface area contributed by atoms with Crippen molar-refractivity contribution in [2.75, 3.05) is 36.9 Å². The van der Waals surface area contributed by atoms with E-state index in [-0.39, 0.29) is 43.2 Å². The quantitative estimate of drug-likeness (QED) is 0.485. The van der Waals surface area contributed by atoms with Crippen molar-refractivity contribution >= 4 is 35.1 Å². The molecule has 1 unspecified atom stereocenters. The van der Waals surface area contributed by atoms with Crippen molar-refractivity contribution in [2.45, 2.75) is 46.1 Å². The van der Waals surface area contributed by atoms with Crippen LogP contribution in [0.25, 0.3) is 0 Å². The fourth-order valence-electron chi connectivity index (χ4n) is 3.18. The van der Waals surface area contributed by atoms with E-state index in [0.29, 0.717) is 37.3 Å². The van der Waals surface area contributed by atoms with E-state index >= 15 is 0 Å². The Balaban J connectivity index is 1.90. The minimum absolute atomic E-state index is 0.0210. The molecular weight excluding hydrogens is 400 g/mol. The standard InChI is InChI=1S/C22H32N4O5/c1-4-11-31-21(29)13-18-22(30)23-9-10-26(18)20(28)14-24-16-5-7-17(8-6-16)25-19(27)12-15(2)3/h5-8,15,18,24H,4,9-14H2,1-3H3,(H,23,30)(H,25,27). The first-order chi connectivity index (χ1) is 14.8. The molecule has 9 heteroatoms. The number of hydrogen-bond donors (Lipinski definition) is 3. The first kappa shape index (κ1) is 24.2. The third-order valence-electron chi connectivity index (χ3n) is 4.68. The van der Waals surface area contributed by atoms with Gasteiger partial charge >= 0.3 is 5.97 Å². The van der Waals surface area contributed by atoms with Crippen LogP contribution >= 0.6 is 0 Å². The molecule has 1 aliphatic heterocycles. The predicted octanol–water partition coefficient (Wildman–Crippen LogP) is 1.75. The summed E-state index contributed by atoms with van der Waals surface area (Å²) < 4.78 is 5.06. The zero-order valence-electron chi connectivity index (χ0n) is 18.4. The maximum atomic E-state index is 12.7. The molecule has 1 aliphatic rings. The lowest BCUT2D eigenvalue weighted by atomic mass is 10.1. The zero-order valence-corrected chi connectivity index (χ0v) is 18.4. The van der Waals surface area contributed by atoms with Crippen LogP contribution in [0.5, 0.6) is 0 Å². The lowest BCUT2D eigenvalue weighted by molar-refractivity contribution is -0.151. The van der Waals surface area contributed by atoms with Gasteiger partial charge in [-0.05, 0) is 36.6 Å². The van der Waals surface area contributed by atoms with Crippen molar-refractivity contribution in [1.29, 1.82) is 0 Å². The van der Waals surface area contributed by atoms with E-state index in [1.807, 2.05) is 20.8 Å². The maximum absolute atomic E-state index is 12.7. The normalized spacial score (nSPS) is 15.9. The van der Waals surface area contributed by atoms with Crippen LogP contribution in [-0.2, 0) is 23.9 Å². The van der Waals surface area contributed by atoms with E-state index in [1.54, 1.807) is 24.3 Å². The Morgan fingerprint density at radius 1 is 1.19 bits per heavy atom. The number of rotatable bonds is 10. The Morgan fingerprint density at radius 2 is 1.87 bits per heavy atom. The van der Waals surface area contributed by atoms with Gasteiger partial charge in [-0.1, -0.05) is 20.8 Å². The number of nitrogens with one attached hydrogen (secondary N) is 3. The molecule has 170 valence electrons. The van der Waals surface area contributed by atoms with Crippen molar-refractivity contribution in [2.24, 2.45) is 5.92 Å². The van der Waals surface area contributed by atoms with Gasteiger partial charge in [-0.2, -0.15) is 0 Å². The third kappa shape index (κ3) is 7.92. The second-order valence-corrected chi connectivity index (χ2v) is 7.90. The van der Waals surface area contributed by atoms with Gasteiger partial charge in [-0.25, -0.2) is 0 Å². The van der Waals surface area contributed by atoms with Crippen molar-refractivity contribution in [1.82, 2.24) is 10.2 Å². The number of piperazine rings is 1. The van der Waals surface area contributed by atoms with Crippen LogP contribution in [0.2, 0.25) is 0 Å². The average Bonchev–Trinajstić information content (AvgIpc) is 2.72. The smallest absolute Gasteiger partial charge is 0.308 e. The molecule has 9 nitrogen and oxygen atoms in total. The molecule has 0 saturated carbocycles. The molecule has 0 radical (unpaired) electrons. The number of nitrogens with zero attached hydrogens (tertiary/aromatic N) is 1. The van der Waals surface area contributed by atoms with Crippen molar-refractivity contribution in [3.05, 3.63) is 24.3 Å². The van der Waals surface area contributed by atoms with E-state index in [0.717, 1.165) is 0 Å².